The number of aromatic nitrogens is 1. The van der Waals surface area contributed by atoms with E-state index in [0.29, 0.717) is 6.42 Å². The number of hydrogen-bond donors (Lipinski definition) is 1. The maximum Gasteiger partial charge on any atom is 0.226 e. The van der Waals surface area contributed by atoms with E-state index in [9.17, 15) is 4.79 Å². The van der Waals surface area contributed by atoms with Gasteiger partial charge < -0.3 is 10.2 Å². The number of fused-ring (bicyclic) bond motifs is 2. The molecule has 1 N–H and O–H groups in total. The van der Waals surface area contributed by atoms with Gasteiger partial charge >= 0.3 is 0 Å². The first-order chi connectivity index (χ1) is 12.2. The Morgan fingerprint density at radius 2 is 2.12 bits per heavy atom. The van der Waals surface area contributed by atoms with Crippen molar-refractivity contribution in [3.63, 3.8) is 0 Å². The van der Waals surface area contributed by atoms with Crippen LogP contribution in [-0.4, -0.2) is 24.0 Å². The number of anilines is 2. The van der Waals surface area contributed by atoms with Crippen LogP contribution in [0.25, 0.3) is 11.1 Å². The standard InChI is InChI=1S/C20H20ClN3O/c21-18-15(11-22-19-17(18)20(7-8-20)12-23-19)13-4-3-5-14(10-13)24-9-2-1-6-16(24)25/h3-5,10-11H,1-2,6-9,12H2,(H,22,23). The molecule has 0 bridgehead atoms. The highest BCUT2D eigenvalue weighted by Crippen LogP contribution is 2.57. The fourth-order valence-electron chi connectivity index (χ4n) is 4.15. The molecule has 3 aliphatic rings. The first-order valence-electron chi connectivity index (χ1n) is 9.02. The molecule has 1 aliphatic carbocycles. The molecular formula is C20H20ClN3O. The van der Waals surface area contributed by atoms with Crippen LogP contribution in [-0.2, 0) is 10.2 Å². The number of halogens is 1. The quantitative estimate of drug-likeness (QED) is 0.871. The van der Waals surface area contributed by atoms with Crippen molar-refractivity contribution in [1.29, 1.82) is 0 Å². The lowest BCUT2D eigenvalue weighted by atomic mass is 9.96. The molecule has 0 atom stereocenters. The molecule has 1 aromatic heterocycles. The minimum Gasteiger partial charge on any atom is -0.369 e. The predicted molar refractivity (Wildman–Crippen MR) is 100 cm³/mol. The summed E-state index contributed by atoms with van der Waals surface area (Å²) in [4.78, 5) is 18.7. The SMILES string of the molecule is O=C1CCCCN1c1cccc(-c2cnc3c(c2Cl)C2(CC2)CN3)c1. The molecular weight excluding hydrogens is 334 g/mol. The molecule has 5 heteroatoms. The zero-order valence-corrected chi connectivity index (χ0v) is 14.8. The Balaban J connectivity index is 1.57. The van der Waals surface area contributed by atoms with Crippen molar-refractivity contribution >= 4 is 29.0 Å². The van der Waals surface area contributed by atoms with Gasteiger partial charge in [0.25, 0.3) is 0 Å². The highest BCUT2D eigenvalue weighted by Gasteiger charge is 2.51. The Bertz CT molecular complexity index is 875. The van der Waals surface area contributed by atoms with Crippen LogP contribution in [0.15, 0.2) is 30.5 Å². The van der Waals surface area contributed by atoms with Gasteiger partial charge in [0.2, 0.25) is 5.91 Å². The van der Waals surface area contributed by atoms with Crippen molar-refractivity contribution in [2.75, 3.05) is 23.3 Å². The van der Waals surface area contributed by atoms with E-state index in [4.69, 9.17) is 11.6 Å². The zero-order chi connectivity index (χ0) is 17.0. The van der Waals surface area contributed by atoms with Crippen LogP contribution in [0.2, 0.25) is 5.02 Å². The maximum absolute atomic E-state index is 12.2. The molecule has 2 aliphatic heterocycles. The fourth-order valence-corrected chi connectivity index (χ4v) is 4.60. The zero-order valence-electron chi connectivity index (χ0n) is 14.0. The normalized spacial score (nSPS) is 20.5. The van der Waals surface area contributed by atoms with Crippen molar-refractivity contribution in [2.24, 2.45) is 0 Å². The highest BCUT2D eigenvalue weighted by atomic mass is 35.5. The molecule has 5 rings (SSSR count). The summed E-state index contributed by atoms with van der Waals surface area (Å²) in [5, 5.41) is 4.21. The Morgan fingerprint density at radius 3 is 2.92 bits per heavy atom. The Kier molecular flexibility index (Phi) is 3.32. The third kappa shape index (κ3) is 2.35. The molecule has 0 radical (unpaired) electrons. The smallest absolute Gasteiger partial charge is 0.226 e. The molecule has 1 saturated carbocycles. The summed E-state index contributed by atoms with van der Waals surface area (Å²) in [6, 6.07) is 8.13. The summed E-state index contributed by atoms with van der Waals surface area (Å²) < 4.78 is 0. The van der Waals surface area contributed by atoms with Gasteiger partial charge in [0, 0.05) is 47.9 Å². The summed E-state index contributed by atoms with van der Waals surface area (Å²) in [5.41, 5.74) is 4.33. The summed E-state index contributed by atoms with van der Waals surface area (Å²) >= 11 is 6.82. The van der Waals surface area contributed by atoms with Gasteiger partial charge in [0.15, 0.2) is 0 Å². The van der Waals surface area contributed by atoms with E-state index in [1.54, 1.807) is 0 Å². The predicted octanol–water partition coefficient (Wildman–Crippen LogP) is 4.38. The van der Waals surface area contributed by atoms with E-state index >= 15 is 0 Å². The molecule has 4 nitrogen and oxygen atoms in total. The van der Waals surface area contributed by atoms with Gasteiger partial charge in [-0.25, -0.2) is 4.98 Å². The van der Waals surface area contributed by atoms with E-state index in [0.717, 1.165) is 53.6 Å². The number of pyridine rings is 1. The second-order valence-corrected chi connectivity index (χ2v) is 7.77. The van der Waals surface area contributed by atoms with Gasteiger partial charge in [0.05, 0.1) is 5.02 Å². The van der Waals surface area contributed by atoms with Crippen LogP contribution in [0.3, 0.4) is 0 Å². The summed E-state index contributed by atoms with van der Waals surface area (Å²) in [6.07, 6.45) is 6.91. The van der Waals surface area contributed by atoms with Crippen molar-refractivity contribution in [1.82, 2.24) is 4.98 Å². The molecule has 1 aromatic carbocycles. The number of nitrogens with one attached hydrogen (secondary N) is 1. The van der Waals surface area contributed by atoms with Crippen LogP contribution in [0.5, 0.6) is 0 Å². The van der Waals surface area contributed by atoms with Gasteiger partial charge in [-0.05, 0) is 43.4 Å². The summed E-state index contributed by atoms with van der Waals surface area (Å²) in [6.45, 7) is 1.74. The molecule has 25 heavy (non-hydrogen) atoms. The van der Waals surface area contributed by atoms with E-state index in [2.05, 4.69) is 22.4 Å². The molecule has 2 aromatic rings. The first-order valence-corrected chi connectivity index (χ1v) is 9.39. The number of piperidine rings is 1. The average molecular weight is 354 g/mol. The van der Waals surface area contributed by atoms with E-state index < -0.39 is 0 Å². The molecule has 1 spiro atoms. The lowest BCUT2D eigenvalue weighted by molar-refractivity contribution is -0.119. The molecule has 1 saturated heterocycles. The molecule has 3 heterocycles. The first kappa shape index (κ1) is 15.2. The van der Waals surface area contributed by atoms with Crippen LogP contribution in [0, 0.1) is 0 Å². The number of benzene rings is 1. The topological polar surface area (TPSA) is 45.2 Å². The van der Waals surface area contributed by atoms with Crippen LogP contribution >= 0.6 is 11.6 Å². The molecule has 1 amide bonds. The minimum absolute atomic E-state index is 0.204. The van der Waals surface area contributed by atoms with E-state index in [1.807, 2.05) is 23.2 Å². The van der Waals surface area contributed by atoms with Crippen LogP contribution < -0.4 is 10.2 Å². The number of carbonyl (C=O) groups is 1. The number of rotatable bonds is 2. The van der Waals surface area contributed by atoms with Crippen molar-refractivity contribution in [3.05, 3.63) is 41.0 Å². The van der Waals surface area contributed by atoms with E-state index in [1.165, 1.54) is 18.4 Å². The average Bonchev–Trinajstić information content (AvgIpc) is 3.31. The highest BCUT2D eigenvalue weighted by molar-refractivity contribution is 6.34. The monoisotopic (exact) mass is 353 g/mol. The van der Waals surface area contributed by atoms with Crippen molar-refractivity contribution in [2.45, 2.75) is 37.5 Å². The Labute approximate surface area is 152 Å². The van der Waals surface area contributed by atoms with Gasteiger partial charge in [-0.1, -0.05) is 23.7 Å². The number of hydrogen-bond acceptors (Lipinski definition) is 3. The maximum atomic E-state index is 12.2. The lowest BCUT2D eigenvalue weighted by Crippen LogP contribution is -2.35. The lowest BCUT2D eigenvalue weighted by Gasteiger charge is -2.27. The Morgan fingerprint density at radius 1 is 1.24 bits per heavy atom. The van der Waals surface area contributed by atoms with Crippen molar-refractivity contribution in [3.8, 4) is 11.1 Å². The Hall–Kier alpha value is -2.07. The number of carbonyl (C=O) groups excluding carboxylic acids is 1. The van der Waals surface area contributed by atoms with E-state index in [-0.39, 0.29) is 11.3 Å². The van der Waals surface area contributed by atoms with Gasteiger partial charge in [-0.15, -0.1) is 0 Å². The number of amides is 1. The second-order valence-electron chi connectivity index (χ2n) is 7.40. The molecule has 128 valence electrons. The third-order valence-corrected chi connectivity index (χ3v) is 6.18. The molecule has 0 unspecified atom stereocenters. The number of nitrogens with zero attached hydrogens (tertiary/aromatic N) is 2. The van der Waals surface area contributed by atoms with Crippen LogP contribution in [0.4, 0.5) is 11.5 Å². The third-order valence-electron chi connectivity index (χ3n) is 5.79. The second kappa shape index (κ2) is 5.46. The van der Waals surface area contributed by atoms with Gasteiger partial charge in [-0.3, -0.25) is 4.79 Å². The summed E-state index contributed by atoms with van der Waals surface area (Å²) in [7, 11) is 0. The minimum atomic E-state index is 0.204. The fraction of sp³-hybridized carbons (Fsp3) is 0.400. The summed E-state index contributed by atoms with van der Waals surface area (Å²) in [5.74, 6) is 1.15. The molecule has 2 fully saturated rings. The van der Waals surface area contributed by atoms with Crippen molar-refractivity contribution < 1.29 is 4.79 Å². The van der Waals surface area contributed by atoms with Gasteiger partial charge in [0.1, 0.15) is 5.82 Å². The largest absolute Gasteiger partial charge is 0.369 e. The van der Waals surface area contributed by atoms with Gasteiger partial charge in [-0.2, -0.15) is 0 Å². The van der Waals surface area contributed by atoms with Crippen LogP contribution in [0.1, 0.15) is 37.7 Å².